The van der Waals surface area contributed by atoms with E-state index in [2.05, 4.69) is 25.3 Å². The first kappa shape index (κ1) is 26.3. The van der Waals surface area contributed by atoms with Gasteiger partial charge in [0.2, 0.25) is 0 Å². The molecule has 1 aliphatic rings. The summed E-state index contributed by atoms with van der Waals surface area (Å²) in [5, 5.41) is 13.4. The number of rotatable bonds is 6. The minimum Gasteiger partial charge on any atom is -0.496 e. The highest BCUT2D eigenvalue weighted by atomic mass is 19.4. The molecular formula is C27H24F4N6O2. The van der Waals surface area contributed by atoms with E-state index in [-0.39, 0.29) is 17.1 Å². The first-order chi connectivity index (χ1) is 18.7. The zero-order chi connectivity index (χ0) is 27.6. The SMILES string of the molecule is COc1cccc(F)c1-c1nccc(Nc2cc(N3CCC[C@H](O)C3)c(-c3ccc(C(F)(F)F)nc3)cn2)n1. The molecule has 39 heavy (non-hydrogen) atoms. The number of anilines is 3. The zero-order valence-electron chi connectivity index (χ0n) is 20.8. The third kappa shape index (κ3) is 5.75. The van der Waals surface area contributed by atoms with Gasteiger partial charge in [0, 0.05) is 54.6 Å². The maximum Gasteiger partial charge on any atom is 0.433 e. The lowest BCUT2D eigenvalue weighted by Gasteiger charge is -2.33. The molecule has 1 aromatic carbocycles. The van der Waals surface area contributed by atoms with Gasteiger partial charge in [-0.25, -0.2) is 19.3 Å². The summed E-state index contributed by atoms with van der Waals surface area (Å²) >= 11 is 0. The average Bonchev–Trinajstić information content (AvgIpc) is 2.92. The van der Waals surface area contributed by atoms with Gasteiger partial charge in [0.1, 0.15) is 28.9 Å². The van der Waals surface area contributed by atoms with Crippen LogP contribution >= 0.6 is 0 Å². The van der Waals surface area contributed by atoms with Crippen LogP contribution < -0.4 is 15.0 Å². The largest absolute Gasteiger partial charge is 0.496 e. The fourth-order valence-electron chi connectivity index (χ4n) is 4.46. The number of methoxy groups -OCH3 is 1. The molecule has 4 heterocycles. The second-order valence-corrected chi connectivity index (χ2v) is 8.97. The third-order valence-corrected chi connectivity index (χ3v) is 6.31. The molecule has 1 saturated heterocycles. The van der Waals surface area contributed by atoms with Crippen molar-refractivity contribution >= 4 is 17.3 Å². The van der Waals surface area contributed by atoms with Gasteiger partial charge in [-0.15, -0.1) is 0 Å². The van der Waals surface area contributed by atoms with E-state index in [0.29, 0.717) is 48.0 Å². The molecule has 12 heteroatoms. The highest BCUT2D eigenvalue weighted by Crippen LogP contribution is 2.36. The Hall–Kier alpha value is -4.32. The van der Waals surface area contributed by atoms with E-state index in [4.69, 9.17) is 4.74 Å². The van der Waals surface area contributed by atoms with Gasteiger partial charge >= 0.3 is 6.18 Å². The van der Waals surface area contributed by atoms with E-state index in [1.165, 1.54) is 37.7 Å². The van der Waals surface area contributed by atoms with Crippen molar-refractivity contribution in [1.82, 2.24) is 19.9 Å². The van der Waals surface area contributed by atoms with Crippen molar-refractivity contribution < 1.29 is 27.4 Å². The fourth-order valence-corrected chi connectivity index (χ4v) is 4.46. The molecule has 0 saturated carbocycles. The predicted octanol–water partition coefficient (Wildman–Crippen LogP) is 5.47. The minimum atomic E-state index is -4.55. The zero-order valence-corrected chi connectivity index (χ0v) is 20.8. The molecule has 4 aromatic rings. The van der Waals surface area contributed by atoms with Crippen molar-refractivity contribution in [3.05, 3.63) is 72.6 Å². The normalized spacial score (nSPS) is 15.7. The lowest BCUT2D eigenvalue weighted by atomic mass is 10.0. The first-order valence-corrected chi connectivity index (χ1v) is 12.1. The van der Waals surface area contributed by atoms with Gasteiger partial charge in [-0.3, -0.25) is 4.98 Å². The van der Waals surface area contributed by atoms with Crippen LogP contribution in [0.3, 0.4) is 0 Å². The van der Waals surface area contributed by atoms with Gasteiger partial charge in [0.15, 0.2) is 5.82 Å². The van der Waals surface area contributed by atoms with Crippen LogP contribution in [0.5, 0.6) is 5.75 Å². The lowest BCUT2D eigenvalue weighted by Crippen LogP contribution is -2.38. The van der Waals surface area contributed by atoms with Gasteiger partial charge in [-0.05, 0) is 37.1 Å². The molecule has 1 atom stereocenters. The van der Waals surface area contributed by atoms with E-state index in [0.717, 1.165) is 18.7 Å². The van der Waals surface area contributed by atoms with Crippen molar-refractivity contribution in [1.29, 1.82) is 0 Å². The summed E-state index contributed by atoms with van der Waals surface area (Å²) in [6.07, 6.45) is 0.486. The number of piperidine rings is 1. The number of alkyl halides is 3. The average molecular weight is 541 g/mol. The molecule has 1 fully saturated rings. The highest BCUT2D eigenvalue weighted by Gasteiger charge is 2.32. The Morgan fingerprint density at radius 3 is 2.62 bits per heavy atom. The second kappa shape index (κ2) is 10.8. The maximum atomic E-state index is 14.6. The Bertz CT molecular complexity index is 1470. The Balaban J connectivity index is 1.50. The van der Waals surface area contributed by atoms with Crippen molar-refractivity contribution in [2.45, 2.75) is 25.1 Å². The molecule has 0 aliphatic carbocycles. The Labute approximate surface area is 221 Å². The smallest absolute Gasteiger partial charge is 0.433 e. The predicted molar refractivity (Wildman–Crippen MR) is 137 cm³/mol. The molecule has 1 aliphatic heterocycles. The van der Waals surface area contributed by atoms with E-state index in [9.17, 15) is 22.7 Å². The summed E-state index contributed by atoms with van der Waals surface area (Å²) in [6, 6.07) is 10.0. The van der Waals surface area contributed by atoms with Crippen molar-refractivity contribution in [2.75, 3.05) is 30.4 Å². The number of aromatic nitrogens is 4. The van der Waals surface area contributed by atoms with Crippen LogP contribution in [0.4, 0.5) is 34.9 Å². The molecule has 8 nitrogen and oxygen atoms in total. The molecule has 0 amide bonds. The summed E-state index contributed by atoms with van der Waals surface area (Å²) in [7, 11) is 1.43. The fraction of sp³-hybridized carbons (Fsp3) is 0.259. The summed E-state index contributed by atoms with van der Waals surface area (Å²) in [4.78, 5) is 18.6. The number of aliphatic hydroxyl groups is 1. The number of pyridine rings is 2. The number of ether oxygens (including phenoxy) is 1. The molecule has 2 N–H and O–H groups in total. The van der Waals surface area contributed by atoms with E-state index < -0.39 is 23.8 Å². The second-order valence-electron chi connectivity index (χ2n) is 8.97. The van der Waals surface area contributed by atoms with Gasteiger partial charge in [-0.1, -0.05) is 12.1 Å². The Kier molecular flexibility index (Phi) is 7.29. The number of β-amino-alcohol motifs (C(OH)–C–C–N with tert-alkyl or cyclic N) is 1. The van der Waals surface area contributed by atoms with E-state index in [1.54, 1.807) is 18.2 Å². The summed E-state index contributed by atoms with van der Waals surface area (Å²) in [6.45, 7) is 1.00. The van der Waals surface area contributed by atoms with Crippen LogP contribution in [0.25, 0.3) is 22.5 Å². The monoisotopic (exact) mass is 540 g/mol. The number of aliphatic hydroxyl groups excluding tert-OH is 1. The molecule has 3 aromatic heterocycles. The standard InChI is InChI=1S/C27H24F4N6O2/c1-39-21-6-2-5-19(28)25(21)26-32-10-9-23(36-26)35-24-12-20(37-11-3-4-17(38)15-37)18(14-34-24)16-7-8-22(33-13-16)27(29,30)31/h2,5-10,12-14,17,38H,3-4,11,15H2,1H3,(H,32,34,35,36)/t17-/m0/s1. The maximum absolute atomic E-state index is 14.6. The van der Waals surface area contributed by atoms with Gasteiger partial charge in [0.25, 0.3) is 0 Å². The molecule has 0 spiro atoms. The number of nitrogens with one attached hydrogen (secondary N) is 1. The van der Waals surface area contributed by atoms with Crippen molar-refractivity contribution in [2.24, 2.45) is 0 Å². The molecular weight excluding hydrogens is 516 g/mol. The number of hydrogen-bond acceptors (Lipinski definition) is 8. The van der Waals surface area contributed by atoms with E-state index >= 15 is 0 Å². The molecule has 0 radical (unpaired) electrons. The molecule has 0 unspecified atom stereocenters. The Morgan fingerprint density at radius 2 is 1.90 bits per heavy atom. The number of benzene rings is 1. The van der Waals surface area contributed by atoms with Crippen molar-refractivity contribution in [3.8, 4) is 28.3 Å². The topological polar surface area (TPSA) is 96.3 Å². The van der Waals surface area contributed by atoms with Crippen LogP contribution in [0, 0.1) is 5.82 Å². The lowest BCUT2D eigenvalue weighted by molar-refractivity contribution is -0.141. The van der Waals surface area contributed by atoms with E-state index in [1.807, 2.05) is 4.90 Å². The number of nitrogens with zero attached hydrogens (tertiary/aromatic N) is 5. The van der Waals surface area contributed by atoms with Crippen LogP contribution in [-0.2, 0) is 6.18 Å². The van der Waals surface area contributed by atoms with Crippen LogP contribution in [-0.4, -0.2) is 51.3 Å². The first-order valence-electron chi connectivity index (χ1n) is 12.1. The van der Waals surface area contributed by atoms with Crippen molar-refractivity contribution in [3.63, 3.8) is 0 Å². The van der Waals surface area contributed by atoms with Gasteiger partial charge < -0.3 is 20.1 Å². The Morgan fingerprint density at radius 1 is 1.05 bits per heavy atom. The molecule has 202 valence electrons. The summed E-state index contributed by atoms with van der Waals surface area (Å²) < 4.78 is 59.0. The van der Waals surface area contributed by atoms with Gasteiger partial charge in [0.05, 0.1) is 18.8 Å². The highest BCUT2D eigenvalue weighted by molar-refractivity contribution is 5.80. The quantitative estimate of drug-likeness (QED) is 0.311. The van der Waals surface area contributed by atoms with Crippen LogP contribution in [0.15, 0.2) is 61.1 Å². The summed E-state index contributed by atoms with van der Waals surface area (Å²) in [5.74, 6) is 0.586. The molecule has 5 rings (SSSR count). The number of hydrogen-bond donors (Lipinski definition) is 2. The summed E-state index contributed by atoms with van der Waals surface area (Å²) in [5.41, 5.74) is 0.810. The van der Waals surface area contributed by atoms with Gasteiger partial charge in [-0.2, -0.15) is 13.2 Å². The van der Waals surface area contributed by atoms with Crippen LogP contribution in [0.1, 0.15) is 18.5 Å². The molecule has 0 bridgehead atoms. The van der Waals surface area contributed by atoms with Crippen LogP contribution in [0.2, 0.25) is 0 Å². The third-order valence-electron chi connectivity index (χ3n) is 6.31. The number of halogens is 4. The minimum absolute atomic E-state index is 0.113.